The Bertz CT molecular complexity index is 395. The van der Waals surface area contributed by atoms with E-state index < -0.39 is 11.7 Å². The highest BCUT2D eigenvalue weighted by Gasteiger charge is 2.32. The lowest BCUT2D eigenvalue weighted by Crippen LogP contribution is -2.05. The minimum absolute atomic E-state index is 0.0230. The predicted molar refractivity (Wildman–Crippen MR) is 51.9 cm³/mol. The molecule has 1 aromatic heterocycles. The Hall–Kier alpha value is -1.22. The average molecular weight is 232 g/mol. The minimum atomic E-state index is -4.41. The molecule has 0 fully saturated rings. The fourth-order valence-corrected chi connectivity index (χ4v) is 1.69. The summed E-state index contributed by atoms with van der Waals surface area (Å²) in [5, 5.41) is 0. The van der Waals surface area contributed by atoms with Gasteiger partial charge in [-0.25, -0.2) is 0 Å². The van der Waals surface area contributed by atoms with Crippen molar-refractivity contribution in [2.45, 2.75) is 18.0 Å². The summed E-state index contributed by atoms with van der Waals surface area (Å²) in [5.74, 6) is 0.626. The van der Waals surface area contributed by atoms with Crippen LogP contribution in [-0.4, -0.2) is 10.7 Å². The Morgan fingerprint density at radius 2 is 2.20 bits per heavy atom. The van der Waals surface area contributed by atoms with Crippen molar-refractivity contribution >= 4 is 17.6 Å². The van der Waals surface area contributed by atoms with E-state index in [1.807, 2.05) is 0 Å². The van der Waals surface area contributed by atoms with Crippen molar-refractivity contribution in [2.75, 3.05) is 5.75 Å². The molecule has 0 aliphatic heterocycles. The minimum Gasteiger partial charge on any atom is -0.360 e. The summed E-state index contributed by atoms with van der Waals surface area (Å²) < 4.78 is 37.0. The second kappa shape index (κ2) is 4.53. The molecule has 2 nitrogen and oxygen atoms in total. The summed E-state index contributed by atoms with van der Waals surface area (Å²) in [4.78, 5) is 6.83. The molecule has 0 unspecified atom stereocenters. The number of hydrogen-bond acceptors (Lipinski definition) is 2. The fourth-order valence-electron chi connectivity index (χ4n) is 0.938. The van der Waals surface area contributed by atoms with Gasteiger partial charge in [0.15, 0.2) is 0 Å². The molecular formula is C9H7F3N2S. The maximum atomic E-state index is 12.3. The van der Waals surface area contributed by atoms with E-state index in [1.54, 1.807) is 6.92 Å². The van der Waals surface area contributed by atoms with E-state index in [4.69, 9.17) is 6.57 Å². The van der Waals surface area contributed by atoms with Crippen LogP contribution in [0.15, 0.2) is 17.2 Å². The molecule has 0 aromatic carbocycles. The summed E-state index contributed by atoms with van der Waals surface area (Å²) in [7, 11) is 0. The van der Waals surface area contributed by atoms with Crippen molar-refractivity contribution in [2.24, 2.45) is 0 Å². The van der Waals surface area contributed by atoms with E-state index in [1.165, 1.54) is 11.8 Å². The van der Waals surface area contributed by atoms with E-state index in [9.17, 15) is 13.2 Å². The zero-order valence-corrected chi connectivity index (χ0v) is 8.61. The Balaban J connectivity index is 3.17. The summed E-state index contributed by atoms with van der Waals surface area (Å²) in [6.45, 7) is 8.56. The Labute approximate surface area is 89.3 Å². The van der Waals surface area contributed by atoms with Gasteiger partial charge >= 0.3 is 6.18 Å². The fraction of sp³-hybridized carbons (Fsp3) is 0.333. The number of thioether (sulfide) groups is 1. The topological polar surface area (TPSA) is 17.2 Å². The number of hydrogen-bond donors (Lipinski definition) is 0. The molecule has 0 saturated carbocycles. The van der Waals surface area contributed by atoms with Crippen molar-refractivity contribution < 1.29 is 13.2 Å². The van der Waals surface area contributed by atoms with E-state index in [0.717, 1.165) is 6.07 Å². The van der Waals surface area contributed by atoms with Crippen molar-refractivity contribution in [1.29, 1.82) is 0 Å². The summed E-state index contributed by atoms with van der Waals surface area (Å²) in [6.07, 6.45) is -3.72. The van der Waals surface area contributed by atoms with Crippen LogP contribution in [0.5, 0.6) is 0 Å². The van der Waals surface area contributed by atoms with E-state index in [-0.39, 0.29) is 10.7 Å². The van der Waals surface area contributed by atoms with Gasteiger partial charge in [-0.3, -0.25) is 0 Å². The first kappa shape index (κ1) is 11.9. The average Bonchev–Trinajstić information content (AvgIpc) is 2.17. The number of rotatable bonds is 2. The number of aromatic nitrogens is 1. The molecule has 15 heavy (non-hydrogen) atoms. The third kappa shape index (κ3) is 2.86. The first-order valence-corrected chi connectivity index (χ1v) is 5.05. The molecule has 80 valence electrons. The lowest BCUT2D eigenvalue weighted by molar-refractivity contribution is -0.137. The van der Waals surface area contributed by atoms with Gasteiger partial charge in [-0.15, -0.1) is 16.7 Å². The van der Waals surface area contributed by atoms with E-state index in [0.29, 0.717) is 11.9 Å². The first-order valence-electron chi connectivity index (χ1n) is 4.06. The van der Waals surface area contributed by atoms with Crippen LogP contribution in [0.1, 0.15) is 12.5 Å². The third-order valence-corrected chi connectivity index (χ3v) is 2.47. The molecule has 0 bridgehead atoms. The molecule has 0 spiro atoms. The lowest BCUT2D eigenvalue weighted by atomic mass is 10.3. The normalized spacial score (nSPS) is 11.1. The van der Waals surface area contributed by atoms with Crippen molar-refractivity contribution in [3.05, 3.63) is 29.2 Å². The molecule has 0 atom stereocenters. The van der Waals surface area contributed by atoms with Crippen molar-refractivity contribution in [3.8, 4) is 0 Å². The van der Waals surface area contributed by atoms with Gasteiger partial charge in [-0.1, -0.05) is 13.5 Å². The number of halogens is 3. The summed E-state index contributed by atoms with van der Waals surface area (Å²) in [5.41, 5.74) is -0.814. The Morgan fingerprint density at radius 3 is 2.67 bits per heavy atom. The highest BCUT2D eigenvalue weighted by Crippen LogP contribution is 2.35. The molecular weight excluding hydrogens is 225 g/mol. The number of alkyl halides is 3. The van der Waals surface area contributed by atoms with Crippen LogP contribution in [-0.2, 0) is 6.18 Å². The highest BCUT2D eigenvalue weighted by atomic mass is 32.2. The molecule has 0 aliphatic carbocycles. The van der Waals surface area contributed by atoms with Crippen LogP contribution >= 0.6 is 11.8 Å². The van der Waals surface area contributed by atoms with E-state index >= 15 is 0 Å². The van der Waals surface area contributed by atoms with Gasteiger partial charge in [0, 0.05) is 4.90 Å². The molecule has 0 saturated heterocycles. The van der Waals surface area contributed by atoms with Gasteiger partial charge in [-0.05, 0) is 11.8 Å². The zero-order chi connectivity index (χ0) is 11.5. The van der Waals surface area contributed by atoms with Gasteiger partial charge in [-0.2, -0.15) is 13.2 Å². The third-order valence-electron chi connectivity index (χ3n) is 1.57. The monoisotopic (exact) mass is 232 g/mol. The van der Waals surface area contributed by atoms with Crippen LogP contribution in [0, 0.1) is 6.57 Å². The number of pyridine rings is 1. The second-order valence-corrected chi connectivity index (χ2v) is 3.89. The molecule has 1 rings (SSSR count). The predicted octanol–water partition coefficient (Wildman–Crippen LogP) is 3.76. The van der Waals surface area contributed by atoms with E-state index in [2.05, 4.69) is 9.83 Å². The maximum Gasteiger partial charge on any atom is 0.419 e. The quantitative estimate of drug-likeness (QED) is 0.570. The maximum absolute atomic E-state index is 12.3. The molecule has 0 radical (unpaired) electrons. The van der Waals surface area contributed by atoms with Crippen LogP contribution in [0.25, 0.3) is 4.85 Å². The molecule has 6 heteroatoms. The van der Waals surface area contributed by atoms with Gasteiger partial charge in [0.25, 0.3) is 5.82 Å². The SMILES string of the molecule is [C-]#[N+]c1ncc(C(F)(F)F)cc1SCC. The summed E-state index contributed by atoms with van der Waals surface area (Å²) >= 11 is 1.18. The van der Waals surface area contributed by atoms with Crippen LogP contribution < -0.4 is 0 Å². The Kier molecular flexibility index (Phi) is 3.58. The molecule has 0 amide bonds. The molecule has 1 heterocycles. The Morgan fingerprint density at radius 1 is 1.53 bits per heavy atom. The molecule has 1 aromatic rings. The van der Waals surface area contributed by atoms with Gasteiger partial charge in [0.1, 0.15) is 6.20 Å². The standard InChI is InChI=1S/C9H7F3N2S/c1-3-15-7-4-6(9(10,11)12)5-14-8(7)13-2/h4-5H,3H2,1H3. The van der Waals surface area contributed by atoms with Crippen molar-refractivity contribution in [1.82, 2.24) is 4.98 Å². The summed E-state index contributed by atoms with van der Waals surface area (Å²) in [6, 6.07) is 0.967. The van der Waals surface area contributed by atoms with Gasteiger partial charge < -0.3 is 4.85 Å². The lowest BCUT2D eigenvalue weighted by Gasteiger charge is -2.07. The van der Waals surface area contributed by atoms with Crippen LogP contribution in [0.4, 0.5) is 19.0 Å². The van der Waals surface area contributed by atoms with Gasteiger partial charge in [0.05, 0.1) is 5.56 Å². The molecule has 0 N–H and O–H groups in total. The number of nitrogens with zero attached hydrogens (tertiary/aromatic N) is 2. The van der Waals surface area contributed by atoms with Crippen LogP contribution in [0.2, 0.25) is 0 Å². The zero-order valence-electron chi connectivity index (χ0n) is 7.80. The van der Waals surface area contributed by atoms with Crippen LogP contribution in [0.3, 0.4) is 0 Å². The molecule has 0 aliphatic rings. The second-order valence-electron chi connectivity index (χ2n) is 2.59. The smallest absolute Gasteiger partial charge is 0.360 e. The highest BCUT2D eigenvalue weighted by molar-refractivity contribution is 7.99. The first-order chi connectivity index (χ1) is 6.99. The largest absolute Gasteiger partial charge is 0.419 e. The van der Waals surface area contributed by atoms with Gasteiger partial charge in [0.2, 0.25) is 0 Å². The van der Waals surface area contributed by atoms with Crippen molar-refractivity contribution in [3.63, 3.8) is 0 Å².